The van der Waals surface area contributed by atoms with E-state index in [0.29, 0.717) is 11.5 Å². The molecule has 1 N–H and O–H groups in total. The molecule has 22 heavy (non-hydrogen) atoms. The zero-order chi connectivity index (χ0) is 16.2. The fraction of sp³-hybridized carbons (Fsp3) is 0.875. The summed E-state index contributed by atoms with van der Waals surface area (Å²) < 4.78 is 5.59. The molecular formula is C16H30N4O2. The number of guanidine groups is 1. The minimum atomic E-state index is 0.0292. The highest BCUT2D eigenvalue weighted by Gasteiger charge is 2.42. The molecule has 2 rings (SSSR count). The highest BCUT2D eigenvalue weighted by molar-refractivity contribution is 5.85. The molecule has 0 saturated carbocycles. The number of ether oxygens (including phenoxy) is 1. The number of nitrogens with one attached hydrogen (secondary N) is 1. The zero-order valence-corrected chi connectivity index (χ0v) is 14.4. The fourth-order valence-electron chi connectivity index (χ4n) is 2.93. The van der Waals surface area contributed by atoms with Crippen LogP contribution < -0.4 is 5.32 Å². The Morgan fingerprint density at radius 3 is 2.82 bits per heavy atom. The van der Waals surface area contributed by atoms with Crippen LogP contribution in [0.5, 0.6) is 0 Å². The number of carbonyl (C=O) groups excluding carboxylic acids is 1. The second-order valence-corrected chi connectivity index (χ2v) is 6.86. The van der Waals surface area contributed by atoms with Crippen LogP contribution in [0.3, 0.4) is 0 Å². The first-order valence-electron chi connectivity index (χ1n) is 8.29. The third-order valence-electron chi connectivity index (χ3n) is 4.77. The molecule has 1 amide bonds. The van der Waals surface area contributed by atoms with Gasteiger partial charge in [-0.1, -0.05) is 6.92 Å². The summed E-state index contributed by atoms with van der Waals surface area (Å²) in [6.45, 7) is 8.19. The number of hydrogen-bond acceptors (Lipinski definition) is 3. The molecule has 6 nitrogen and oxygen atoms in total. The predicted molar refractivity (Wildman–Crippen MR) is 87.9 cm³/mol. The maximum Gasteiger partial charge on any atom is 0.243 e. The molecule has 0 aliphatic carbocycles. The molecule has 6 heteroatoms. The standard InChI is InChI=1S/C16H30N4O2/c1-5-13(2)18-15(17-10-14(21)19(3)4)20-8-6-16(11-20)7-9-22-12-16/h13H,5-12H2,1-4H3,(H,17,18). The molecule has 0 aromatic carbocycles. The number of hydrogen-bond donors (Lipinski definition) is 1. The van der Waals surface area contributed by atoms with Crippen molar-refractivity contribution in [1.82, 2.24) is 15.1 Å². The van der Waals surface area contributed by atoms with E-state index in [-0.39, 0.29) is 12.5 Å². The van der Waals surface area contributed by atoms with Gasteiger partial charge in [-0.25, -0.2) is 4.99 Å². The van der Waals surface area contributed by atoms with E-state index >= 15 is 0 Å². The van der Waals surface area contributed by atoms with E-state index in [1.165, 1.54) is 0 Å². The van der Waals surface area contributed by atoms with Gasteiger partial charge >= 0.3 is 0 Å². The molecule has 2 unspecified atom stereocenters. The molecule has 2 aliphatic rings. The Hall–Kier alpha value is -1.30. The molecule has 0 radical (unpaired) electrons. The van der Waals surface area contributed by atoms with E-state index < -0.39 is 0 Å². The summed E-state index contributed by atoms with van der Waals surface area (Å²) in [5.41, 5.74) is 0.295. The molecule has 126 valence electrons. The van der Waals surface area contributed by atoms with Gasteiger partial charge in [0.1, 0.15) is 6.54 Å². The third kappa shape index (κ3) is 4.12. The van der Waals surface area contributed by atoms with Crippen LogP contribution in [0, 0.1) is 5.41 Å². The number of carbonyl (C=O) groups is 1. The lowest BCUT2D eigenvalue weighted by atomic mass is 9.87. The van der Waals surface area contributed by atoms with Gasteiger partial charge in [-0.15, -0.1) is 0 Å². The van der Waals surface area contributed by atoms with Gasteiger partial charge in [0.15, 0.2) is 5.96 Å². The van der Waals surface area contributed by atoms with Gasteiger partial charge in [-0.05, 0) is 26.2 Å². The lowest BCUT2D eigenvalue weighted by molar-refractivity contribution is -0.127. The van der Waals surface area contributed by atoms with Crippen LogP contribution in [-0.4, -0.2) is 74.7 Å². The molecule has 2 heterocycles. The number of nitrogens with zero attached hydrogens (tertiary/aromatic N) is 3. The van der Waals surface area contributed by atoms with Crippen LogP contribution in [-0.2, 0) is 9.53 Å². The first-order valence-corrected chi connectivity index (χ1v) is 8.29. The molecule has 0 bridgehead atoms. The summed E-state index contributed by atoms with van der Waals surface area (Å²) in [5.74, 6) is 0.898. The first kappa shape index (κ1) is 17.1. The van der Waals surface area contributed by atoms with Crippen LogP contribution in [0.1, 0.15) is 33.1 Å². The smallest absolute Gasteiger partial charge is 0.243 e. The normalized spacial score (nSPS) is 26.5. The van der Waals surface area contributed by atoms with Crippen LogP contribution in [0.25, 0.3) is 0 Å². The van der Waals surface area contributed by atoms with Crippen LogP contribution in [0.4, 0.5) is 0 Å². The van der Waals surface area contributed by atoms with Crippen molar-refractivity contribution in [2.45, 2.75) is 39.2 Å². The van der Waals surface area contributed by atoms with E-state index in [1.54, 1.807) is 19.0 Å². The van der Waals surface area contributed by atoms with Gasteiger partial charge in [0.2, 0.25) is 5.91 Å². The largest absolute Gasteiger partial charge is 0.381 e. The monoisotopic (exact) mass is 310 g/mol. The fourth-order valence-corrected chi connectivity index (χ4v) is 2.93. The van der Waals surface area contributed by atoms with Crippen LogP contribution in [0.2, 0.25) is 0 Å². The Morgan fingerprint density at radius 2 is 2.23 bits per heavy atom. The minimum Gasteiger partial charge on any atom is -0.381 e. The molecule has 1 spiro atoms. The SMILES string of the molecule is CCC(C)NC(=NCC(=O)N(C)C)N1CCC2(CCOC2)C1. The second-order valence-electron chi connectivity index (χ2n) is 6.86. The number of rotatable bonds is 4. The maximum absolute atomic E-state index is 11.8. The zero-order valence-electron chi connectivity index (χ0n) is 14.4. The number of aliphatic imine (C=N–C) groups is 1. The van der Waals surface area contributed by atoms with Crippen molar-refractivity contribution in [1.29, 1.82) is 0 Å². The summed E-state index contributed by atoms with van der Waals surface area (Å²) in [5, 5.41) is 3.47. The van der Waals surface area contributed by atoms with Crippen molar-refractivity contribution in [2.24, 2.45) is 10.4 Å². The molecule has 2 atom stereocenters. The van der Waals surface area contributed by atoms with Crippen LogP contribution in [0.15, 0.2) is 4.99 Å². The molecule has 0 aromatic rings. The Morgan fingerprint density at radius 1 is 1.45 bits per heavy atom. The van der Waals surface area contributed by atoms with Gasteiger partial charge in [-0.2, -0.15) is 0 Å². The summed E-state index contributed by atoms with van der Waals surface area (Å²) in [4.78, 5) is 20.3. The lowest BCUT2D eigenvalue weighted by Crippen LogP contribution is -2.45. The van der Waals surface area contributed by atoms with Crippen molar-refractivity contribution in [3.63, 3.8) is 0 Å². The molecular weight excluding hydrogens is 280 g/mol. The van der Waals surface area contributed by atoms with Crippen molar-refractivity contribution >= 4 is 11.9 Å². The average Bonchev–Trinajstić information content (AvgIpc) is 3.13. The Kier molecular flexibility index (Phi) is 5.67. The minimum absolute atomic E-state index is 0.0292. The van der Waals surface area contributed by atoms with Gasteiger partial charge < -0.3 is 19.9 Å². The molecule has 0 aromatic heterocycles. The maximum atomic E-state index is 11.8. The Bertz CT molecular complexity index is 416. The van der Waals surface area contributed by atoms with Gasteiger partial charge in [0.05, 0.1) is 6.61 Å². The summed E-state index contributed by atoms with van der Waals surface area (Å²) in [6.07, 6.45) is 3.31. The molecule has 2 saturated heterocycles. The number of amides is 1. The topological polar surface area (TPSA) is 57.2 Å². The van der Waals surface area contributed by atoms with E-state index in [9.17, 15) is 4.79 Å². The van der Waals surface area contributed by atoms with E-state index in [4.69, 9.17) is 4.74 Å². The van der Waals surface area contributed by atoms with Crippen molar-refractivity contribution in [3.05, 3.63) is 0 Å². The first-order chi connectivity index (χ1) is 10.5. The summed E-state index contributed by atoms with van der Waals surface area (Å²) in [6, 6.07) is 0.351. The average molecular weight is 310 g/mol. The van der Waals surface area contributed by atoms with Crippen molar-refractivity contribution < 1.29 is 9.53 Å². The van der Waals surface area contributed by atoms with E-state index in [2.05, 4.69) is 29.1 Å². The van der Waals surface area contributed by atoms with Gasteiger partial charge in [0.25, 0.3) is 0 Å². The number of likely N-dealkylation sites (tertiary alicyclic amines) is 1. The molecule has 2 aliphatic heterocycles. The second kappa shape index (κ2) is 7.31. The van der Waals surface area contributed by atoms with Crippen molar-refractivity contribution in [2.75, 3.05) is 46.9 Å². The molecule has 2 fully saturated rings. The van der Waals surface area contributed by atoms with E-state index in [0.717, 1.165) is 51.5 Å². The van der Waals surface area contributed by atoms with E-state index in [1.807, 2.05) is 0 Å². The highest BCUT2D eigenvalue weighted by Crippen LogP contribution is 2.38. The summed E-state index contributed by atoms with van der Waals surface area (Å²) in [7, 11) is 3.53. The quantitative estimate of drug-likeness (QED) is 0.620. The summed E-state index contributed by atoms with van der Waals surface area (Å²) >= 11 is 0. The van der Waals surface area contributed by atoms with Gasteiger partial charge in [0, 0.05) is 45.2 Å². The van der Waals surface area contributed by atoms with Crippen molar-refractivity contribution in [3.8, 4) is 0 Å². The number of likely N-dealkylation sites (N-methyl/N-ethyl adjacent to an activating group) is 1. The van der Waals surface area contributed by atoms with Crippen LogP contribution >= 0.6 is 0 Å². The predicted octanol–water partition coefficient (Wildman–Crippen LogP) is 0.931. The Balaban J connectivity index is 2.04. The van der Waals surface area contributed by atoms with Gasteiger partial charge in [-0.3, -0.25) is 4.79 Å². The third-order valence-corrected chi connectivity index (χ3v) is 4.77. The Labute approximate surface area is 133 Å². The lowest BCUT2D eigenvalue weighted by Gasteiger charge is -2.27. The highest BCUT2D eigenvalue weighted by atomic mass is 16.5.